The average Bonchev–Trinajstić information content (AvgIpc) is 2.78. The summed E-state index contributed by atoms with van der Waals surface area (Å²) in [6.07, 6.45) is -2.41. The van der Waals surface area contributed by atoms with Crippen LogP contribution in [0.25, 0.3) is 0 Å². The quantitative estimate of drug-likeness (QED) is 0.265. The topological polar surface area (TPSA) is 107 Å². The number of alkyl halides is 3. The Kier molecular flexibility index (Phi) is 7.29. The molecule has 0 aliphatic rings. The van der Waals surface area contributed by atoms with E-state index in [9.17, 15) is 18.0 Å². The zero-order chi connectivity index (χ0) is 23.0. The second-order valence-electron chi connectivity index (χ2n) is 6.49. The first-order chi connectivity index (χ1) is 15.3. The molecule has 0 radical (unpaired) electrons. The van der Waals surface area contributed by atoms with Gasteiger partial charge in [-0.25, -0.2) is 10.3 Å². The van der Waals surface area contributed by atoms with Crippen molar-refractivity contribution < 1.29 is 28.0 Å². The highest BCUT2D eigenvalue weighted by Crippen LogP contribution is 2.22. The van der Waals surface area contributed by atoms with Gasteiger partial charge in [-0.1, -0.05) is 30.3 Å². The fourth-order valence-corrected chi connectivity index (χ4v) is 2.60. The Hall–Kier alpha value is -4.05. The van der Waals surface area contributed by atoms with E-state index in [0.717, 1.165) is 6.29 Å². The number of nitrogens with two attached hydrogens (primary N) is 2. The summed E-state index contributed by atoms with van der Waals surface area (Å²) in [5, 5.41) is 1.58. The van der Waals surface area contributed by atoms with Crippen LogP contribution in [0.2, 0.25) is 0 Å². The van der Waals surface area contributed by atoms with Gasteiger partial charge in [0, 0.05) is 29.5 Å². The number of halogens is 3. The molecule has 3 rings (SSSR count). The number of aliphatic imine (C=N–C) groups is 2. The predicted molar refractivity (Wildman–Crippen MR) is 113 cm³/mol. The number of hydrogen-bond acceptors (Lipinski definition) is 4. The Labute approximate surface area is 181 Å². The highest BCUT2D eigenvalue weighted by atomic mass is 19.4. The molecule has 4 N–H and O–H groups in total. The van der Waals surface area contributed by atoms with Crippen molar-refractivity contribution in [2.24, 2.45) is 15.7 Å². The number of amidine groups is 1. The molecule has 0 aliphatic heterocycles. The normalized spacial score (nSPS) is 12.5. The van der Waals surface area contributed by atoms with Gasteiger partial charge in [0.05, 0.1) is 12.2 Å². The van der Waals surface area contributed by atoms with Crippen LogP contribution in [0.3, 0.4) is 0 Å². The van der Waals surface area contributed by atoms with Crippen molar-refractivity contribution >= 4 is 23.8 Å². The summed E-state index contributed by atoms with van der Waals surface area (Å²) in [6.45, 7) is 0.225. The molecule has 2 aromatic carbocycles. The number of ether oxygens (including phenoxy) is 1. The summed E-state index contributed by atoms with van der Waals surface area (Å²) in [6, 6.07) is 17.2. The molecule has 164 valence electrons. The van der Waals surface area contributed by atoms with Crippen molar-refractivity contribution in [3.05, 3.63) is 89.7 Å². The predicted octanol–water partition coefficient (Wildman–Crippen LogP) is 2.95. The van der Waals surface area contributed by atoms with Gasteiger partial charge in [0.1, 0.15) is 23.6 Å². The fraction of sp³-hybridized carbons (Fsp3) is 0.0909. The second kappa shape index (κ2) is 10.3. The second-order valence-corrected chi connectivity index (χ2v) is 6.49. The highest BCUT2D eigenvalue weighted by molar-refractivity contribution is 6.03. The van der Waals surface area contributed by atoms with Crippen LogP contribution in [0.5, 0.6) is 5.75 Å². The Morgan fingerprint density at radius 1 is 1.06 bits per heavy atom. The molecule has 0 saturated carbocycles. The lowest BCUT2D eigenvalue weighted by Gasteiger charge is -2.08. The van der Waals surface area contributed by atoms with Crippen molar-refractivity contribution in [2.45, 2.75) is 12.9 Å². The van der Waals surface area contributed by atoms with Crippen molar-refractivity contribution in [1.82, 2.24) is 4.98 Å². The van der Waals surface area contributed by atoms with Gasteiger partial charge in [0.25, 0.3) is 0 Å². The van der Waals surface area contributed by atoms with Crippen LogP contribution in [0.4, 0.5) is 18.9 Å². The van der Waals surface area contributed by atoms with E-state index >= 15 is 0 Å². The number of nitrogens with zero attached hydrogens (tertiary/aromatic N) is 3. The Morgan fingerprint density at radius 2 is 1.78 bits per heavy atom. The number of carbonyl (C=O) groups is 1. The largest absolute Gasteiger partial charge is 0.573 e. The number of benzene rings is 2. The lowest BCUT2D eigenvalue weighted by molar-refractivity contribution is -0.445. The van der Waals surface area contributed by atoms with Crippen LogP contribution in [0, 0.1) is 0 Å². The molecule has 7 nitrogen and oxygen atoms in total. The third-order valence-corrected chi connectivity index (χ3v) is 4.12. The molecule has 0 aliphatic carbocycles. The third-order valence-electron chi connectivity index (χ3n) is 4.12. The first kappa shape index (κ1) is 22.6. The van der Waals surface area contributed by atoms with Gasteiger partial charge >= 0.3 is 12.3 Å². The summed E-state index contributed by atoms with van der Waals surface area (Å²) in [5.41, 5.74) is 8.44. The monoisotopic (exact) mass is 442 g/mol. The Morgan fingerprint density at radius 3 is 2.38 bits per heavy atom. The standard InChI is InChI=1S/C22H18F3N5O2/c23-22(24,25)32-19-10-8-17(9-11-19)29-21(28-13-18-3-1-2-12-27-18)30-20(26)16-6-4-15(14-31)5-7-16/h1-12,14H,13H2,(H3,26,28,29,30)/p+1. The molecular formula is C22H19F3N5O2+. The van der Waals surface area contributed by atoms with E-state index in [2.05, 4.69) is 19.7 Å². The molecular weight excluding hydrogens is 423 g/mol. The summed E-state index contributed by atoms with van der Waals surface area (Å²) in [5.74, 6) is 0.0764. The molecule has 0 atom stereocenters. The van der Waals surface area contributed by atoms with E-state index in [1.54, 1.807) is 47.9 Å². The molecule has 0 fully saturated rings. The third kappa shape index (κ3) is 7.03. The minimum absolute atomic E-state index is 0.162. The fourth-order valence-electron chi connectivity index (χ4n) is 2.60. The lowest BCUT2D eigenvalue weighted by Crippen LogP contribution is -2.82. The maximum Gasteiger partial charge on any atom is 0.573 e. The first-order valence-corrected chi connectivity index (χ1v) is 9.37. The maximum absolute atomic E-state index is 12.4. The molecule has 3 aromatic rings. The molecule has 10 heteroatoms. The molecule has 1 aromatic heterocycles. The van der Waals surface area contributed by atoms with Crippen LogP contribution < -0.4 is 15.8 Å². The molecule has 0 bridgehead atoms. The zero-order valence-electron chi connectivity index (χ0n) is 16.7. The van der Waals surface area contributed by atoms with Gasteiger partial charge in [-0.05, 0) is 24.3 Å². The number of carbonyl (C=O) groups excluding carboxylic acids is 1. The van der Waals surface area contributed by atoms with Gasteiger partial charge in [-0.3, -0.25) is 9.78 Å². The molecule has 0 unspecified atom stereocenters. The van der Waals surface area contributed by atoms with Crippen LogP contribution in [0.1, 0.15) is 21.6 Å². The minimum atomic E-state index is -4.77. The summed E-state index contributed by atoms with van der Waals surface area (Å²) in [7, 11) is 0. The van der Waals surface area contributed by atoms with Crippen molar-refractivity contribution in [1.29, 1.82) is 0 Å². The number of quaternary nitrogens is 1. The van der Waals surface area contributed by atoms with Gasteiger partial charge in [-0.2, -0.15) is 4.99 Å². The average molecular weight is 442 g/mol. The number of aromatic nitrogens is 1. The summed E-state index contributed by atoms with van der Waals surface area (Å²) >= 11 is 0. The number of aldehydes is 1. The molecule has 32 heavy (non-hydrogen) atoms. The van der Waals surface area contributed by atoms with Crippen molar-refractivity contribution in [3.63, 3.8) is 0 Å². The number of guanidine groups is 1. The van der Waals surface area contributed by atoms with Crippen molar-refractivity contribution in [2.75, 3.05) is 0 Å². The van der Waals surface area contributed by atoms with Crippen LogP contribution >= 0.6 is 0 Å². The van der Waals surface area contributed by atoms with Gasteiger partial charge in [0.15, 0.2) is 0 Å². The SMILES string of the molecule is N/C(=N\C(=NCc1ccccn1)[NH2+]c1ccc(OC(F)(F)F)cc1)c1ccc(C=O)cc1. The lowest BCUT2D eigenvalue weighted by atomic mass is 10.1. The zero-order valence-corrected chi connectivity index (χ0v) is 16.7. The Bertz CT molecular complexity index is 1100. The number of rotatable bonds is 6. The van der Waals surface area contributed by atoms with Crippen LogP contribution in [-0.2, 0) is 6.54 Å². The van der Waals surface area contributed by atoms with Crippen LogP contribution in [-0.4, -0.2) is 29.4 Å². The smallest absolute Gasteiger partial charge is 0.406 e. The van der Waals surface area contributed by atoms with Crippen molar-refractivity contribution in [3.8, 4) is 5.75 Å². The van der Waals surface area contributed by atoms with E-state index < -0.39 is 6.36 Å². The van der Waals surface area contributed by atoms with E-state index in [1.807, 2.05) is 6.07 Å². The minimum Gasteiger partial charge on any atom is -0.406 e. The van der Waals surface area contributed by atoms with Gasteiger partial charge < -0.3 is 10.5 Å². The summed E-state index contributed by atoms with van der Waals surface area (Å²) in [4.78, 5) is 23.8. The molecule has 1 heterocycles. The highest BCUT2D eigenvalue weighted by Gasteiger charge is 2.31. The van der Waals surface area contributed by atoms with Crippen LogP contribution in [0.15, 0.2) is 82.9 Å². The first-order valence-electron chi connectivity index (χ1n) is 9.37. The van der Waals surface area contributed by atoms with Gasteiger partial charge in [0.2, 0.25) is 0 Å². The number of hydrogen-bond donors (Lipinski definition) is 2. The molecule has 0 amide bonds. The number of pyridine rings is 1. The molecule has 0 spiro atoms. The van der Waals surface area contributed by atoms with E-state index in [0.29, 0.717) is 22.5 Å². The molecule has 0 saturated heterocycles. The van der Waals surface area contributed by atoms with E-state index in [4.69, 9.17) is 5.73 Å². The van der Waals surface area contributed by atoms with Gasteiger partial charge in [-0.15, -0.1) is 13.2 Å². The maximum atomic E-state index is 12.4. The van der Waals surface area contributed by atoms with E-state index in [1.165, 1.54) is 24.3 Å². The Balaban J connectivity index is 1.83. The summed E-state index contributed by atoms with van der Waals surface area (Å²) < 4.78 is 41.0. The van der Waals surface area contributed by atoms with E-state index in [-0.39, 0.29) is 24.1 Å².